The molecule has 0 bridgehead atoms. The predicted octanol–water partition coefficient (Wildman–Crippen LogP) is 0.352. The van der Waals surface area contributed by atoms with Crippen molar-refractivity contribution in [2.24, 2.45) is 0 Å². The topological polar surface area (TPSA) is 35.6 Å². The van der Waals surface area contributed by atoms with E-state index in [-0.39, 0.29) is 6.03 Å². The molecular formula is C9H19N3O. The van der Waals surface area contributed by atoms with Gasteiger partial charge in [-0.15, -0.1) is 0 Å². The van der Waals surface area contributed by atoms with Crippen LogP contribution in [-0.4, -0.2) is 55.6 Å². The van der Waals surface area contributed by atoms with Crippen molar-refractivity contribution in [1.29, 1.82) is 0 Å². The summed E-state index contributed by atoms with van der Waals surface area (Å²) in [5, 5.41) is 3.08. The quantitative estimate of drug-likeness (QED) is 0.642. The van der Waals surface area contributed by atoms with Crippen LogP contribution in [0.5, 0.6) is 0 Å². The molecule has 1 atom stereocenters. The van der Waals surface area contributed by atoms with E-state index < -0.39 is 0 Å². The van der Waals surface area contributed by atoms with Crippen molar-refractivity contribution in [2.45, 2.75) is 19.4 Å². The van der Waals surface area contributed by atoms with Gasteiger partial charge in [-0.25, -0.2) is 4.79 Å². The van der Waals surface area contributed by atoms with E-state index in [4.69, 9.17) is 0 Å². The Balaban J connectivity index is 2.31. The van der Waals surface area contributed by atoms with Gasteiger partial charge in [0.1, 0.15) is 0 Å². The average molecular weight is 185 g/mol. The van der Waals surface area contributed by atoms with Crippen LogP contribution in [0.3, 0.4) is 0 Å². The summed E-state index contributed by atoms with van der Waals surface area (Å²) >= 11 is 0. The van der Waals surface area contributed by atoms with Gasteiger partial charge >= 0.3 is 6.03 Å². The largest absolute Gasteiger partial charge is 0.323 e. The Hall–Kier alpha value is -0.770. The van der Waals surface area contributed by atoms with Gasteiger partial charge < -0.3 is 15.1 Å². The number of nitrogens with one attached hydrogen (secondary N) is 1. The molecule has 2 amide bonds. The van der Waals surface area contributed by atoms with Crippen LogP contribution in [0.1, 0.15) is 13.3 Å². The molecule has 4 heteroatoms. The molecular weight excluding hydrogens is 166 g/mol. The van der Waals surface area contributed by atoms with E-state index in [0.29, 0.717) is 6.04 Å². The molecule has 13 heavy (non-hydrogen) atoms. The van der Waals surface area contributed by atoms with Crippen molar-refractivity contribution < 1.29 is 4.79 Å². The molecule has 4 nitrogen and oxygen atoms in total. The summed E-state index contributed by atoms with van der Waals surface area (Å²) in [6.45, 7) is 4.80. The van der Waals surface area contributed by atoms with E-state index in [1.54, 1.807) is 4.90 Å². The zero-order valence-corrected chi connectivity index (χ0v) is 8.71. The molecule has 1 aliphatic heterocycles. The molecule has 0 aromatic carbocycles. The molecule has 0 aliphatic carbocycles. The van der Waals surface area contributed by atoms with Gasteiger partial charge in [0.15, 0.2) is 0 Å². The molecule has 0 spiro atoms. The Morgan fingerprint density at radius 2 is 2.31 bits per heavy atom. The molecule has 1 fully saturated rings. The molecule has 0 radical (unpaired) electrons. The first-order valence-corrected chi connectivity index (χ1v) is 4.83. The Morgan fingerprint density at radius 1 is 1.62 bits per heavy atom. The van der Waals surface area contributed by atoms with Gasteiger partial charge in [-0.05, 0) is 26.9 Å². The number of carbonyl (C=O) groups is 1. The van der Waals surface area contributed by atoms with Crippen LogP contribution in [0.2, 0.25) is 0 Å². The molecule has 0 aromatic rings. The zero-order valence-electron chi connectivity index (χ0n) is 8.71. The fourth-order valence-electron chi connectivity index (χ4n) is 1.56. The molecule has 1 N–H and O–H groups in total. The van der Waals surface area contributed by atoms with Gasteiger partial charge in [0.05, 0.1) is 0 Å². The smallest absolute Gasteiger partial charge is 0.320 e. The molecule has 1 rings (SSSR count). The lowest BCUT2D eigenvalue weighted by atomic mass is 10.3. The number of rotatable bonds is 4. The first-order valence-electron chi connectivity index (χ1n) is 4.83. The second-order valence-corrected chi connectivity index (χ2v) is 3.65. The van der Waals surface area contributed by atoms with Crippen molar-refractivity contribution in [3.8, 4) is 0 Å². The molecule has 1 saturated heterocycles. The number of hydrogen-bond donors (Lipinski definition) is 1. The number of urea groups is 1. The van der Waals surface area contributed by atoms with E-state index >= 15 is 0 Å². The van der Waals surface area contributed by atoms with Crippen LogP contribution in [0.25, 0.3) is 0 Å². The van der Waals surface area contributed by atoms with Gasteiger partial charge in [-0.1, -0.05) is 0 Å². The van der Waals surface area contributed by atoms with Crippen LogP contribution in [0.15, 0.2) is 0 Å². The van der Waals surface area contributed by atoms with E-state index in [1.807, 2.05) is 19.0 Å². The third-order valence-electron chi connectivity index (χ3n) is 2.57. The van der Waals surface area contributed by atoms with Crippen molar-refractivity contribution in [3.63, 3.8) is 0 Å². The lowest BCUT2D eigenvalue weighted by molar-refractivity contribution is 0.196. The number of carbonyl (C=O) groups excluding carboxylic acids is 1. The molecule has 1 aliphatic rings. The maximum Gasteiger partial charge on any atom is 0.320 e. The predicted molar refractivity (Wildman–Crippen MR) is 52.7 cm³/mol. The molecule has 1 unspecified atom stereocenters. The Morgan fingerprint density at radius 3 is 2.77 bits per heavy atom. The summed E-state index contributed by atoms with van der Waals surface area (Å²) < 4.78 is 0. The minimum absolute atomic E-state index is 0.170. The number of hydrogen-bond acceptors (Lipinski definition) is 2. The van der Waals surface area contributed by atoms with Gasteiger partial charge in [0.25, 0.3) is 0 Å². The maximum atomic E-state index is 11.5. The highest BCUT2D eigenvalue weighted by Crippen LogP contribution is 2.12. The summed E-state index contributed by atoms with van der Waals surface area (Å²) in [7, 11) is 3.80. The maximum absolute atomic E-state index is 11.5. The van der Waals surface area contributed by atoms with Crippen LogP contribution >= 0.6 is 0 Å². The van der Waals surface area contributed by atoms with Crippen LogP contribution < -0.4 is 5.32 Å². The summed E-state index contributed by atoms with van der Waals surface area (Å²) in [5.74, 6) is 0. The fraction of sp³-hybridized carbons (Fsp3) is 0.889. The molecule has 1 heterocycles. The van der Waals surface area contributed by atoms with E-state index in [0.717, 1.165) is 26.1 Å². The van der Waals surface area contributed by atoms with Gasteiger partial charge in [-0.3, -0.25) is 0 Å². The van der Waals surface area contributed by atoms with Gasteiger partial charge in [0.2, 0.25) is 0 Å². The first kappa shape index (κ1) is 10.3. The minimum Gasteiger partial charge on any atom is -0.323 e. The minimum atomic E-state index is 0.170. The van der Waals surface area contributed by atoms with Crippen LogP contribution in [0, 0.1) is 0 Å². The van der Waals surface area contributed by atoms with E-state index in [1.165, 1.54) is 0 Å². The Bertz CT molecular complexity index is 184. The monoisotopic (exact) mass is 185 g/mol. The number of nitrogens with zero attached hydrogens (tertiary/aromatic N) is 2. The number of amides is 2. The molecule has 0 aromatic heterocycles. The Labute approximate surface area is 79.9 Å². The van der Waals surface area contributed by atoms with Gasteiger partial charge in [-0.2, -0.15) is 0 Å². The summed E-state index contributed by atoms with van der Waals surface area (Å²) in [5.41, 5.74) is 0. The highest BCUT2D eigenvalue weighted by Gasteiger charge is 2.30. The lowest BCUT2D eigenvalue weighted by Gasteiger charge is -2.15. The third kappa shape index (κ3) is 2.34. The summed E-state index contributed by atoms with van der Waals surface area (Å²) in [6.07, 6.45) is 1.03. The first-order chi connectivity index (χ1) is 6.16. The zero-order chi connectivity index (χ0) is 9.84. The second-order valence-electron chi connectivity index (χ2n) is 3.65. The average Bonchev–Trinajstić information content (AvgIpc) is 2.34. The normalized spacial score (nSPS) is 23.0. The van der Waals surface area contributed by atoms with E-state index in [9.17, 15) is 4.79 Å². The van der Waals surface area contributed by atoms with Crippen molar-refractivity contribution >= 4 is 6.03 Å². The highest BCUT2D eigenvalue weighted by molar-refractivity contribution is 5.76. The second kappa shape index (κ2) is 4.46. The lowest BCUT2D eigenvalue weighted by Crippen LogP contribution is -2.31. The van der Waals surface area contributed by atoms with E-state index in [2.05, 4.69) is 12.2 Å². The standard InChI is InChI=1S/C9H19N3O/c1-8-7-12(6-4-5-10-2)9(13)11(8)3/h8,10H,4-7H2,1-3H3. The molecule has 0 saturated carbocycles. The Kier molecular flexibility index (Phi) is 3.54. The molecule has 76 valence electrons. The highest BCUT2D eigenvalue weighted by atomic mass is 16.2. The van der Waals surface area contributed by atoms with Crippen molar-refractivity contribution in [1.82, 2.24) is 15.1 Å². The summed E-state index contributed by atoms with van der Waals surface area (Å²) in [6, 6.07) is 0.533. The SMILES string of the molecule is CNCCCN1CC(C)N(C)C1=O. The van der Waals surface area contributed by atoms with Crippen LogP contribution in [0.4, 0.5) is 4.79 Å². The third-order valence-corrected chi connectivity index (χ3v) is 2.57. The van der Waals surface area contributed by atoms with Gasteiger partial charge in [0, 0.05) is 26.2 Å². The van der Waals surface area contributed by atoms with Crippen molar-refractivity contribution in [2.75, 3.05) is 33.7 Å². The van der Waals surface area contributed by atoms with Crippen LogP contribution in [-0.2, 0) is 0 Å². The summed E-state index contributed by atoms with van der Waals surface area (Å²) in [4.78, 5) is 15.3. The number of likely N-dealkylation sites (N-methyl/N-ethyl adjacent to an activating group) is 1. The van der Waals surface area contributed by atoms with Crippen molar-refractivity contribution in [3.05, 3.63) is 0 Å². The fourth-order valence-corrected chi connectivity index (χ4v) is 1.56.